The quantitative estimate of drug-likeness (QED) is 0.812. The molecule has 1 aromatic heterocycles. The molecule has 1 saturated carbocycles. The summed E-state index contributed by atoms with van der Waals surface area (Å²) in [6, 6.07) is 5.92. The Labute approximate surface area is 99.6 Å². The first-order valence-corrected chi connectivity index (χ1v) is 5.86. The standard InChI is InChI=1S/C12H15N5/c1-8-4-10(6-11(13)5-8)12-14-15-16-17(12)7-9-2-3-9/h4-6,9H,2-3,7,13H2,1H3. The molecule has 0 saturated heterocycles. The van der Waals surface area contributed by atoms with E-state index in [1.54, 1.807) is 0 Å². The van der Waals surface area contributed by atoms with E-state index < -0.39 is 0 Å². The highest BCUT2D eigenvalue weighted by Crippen LogP contribution is 2.31. The van der Waals surface area contributed by atoms with Gasteiger partial charge in [0.05, 0.1) is 0 Å². The number of aromatic nitrogens is 4. The van der Waals surface area contributed by atoms with Crippen LogP contribution in [0.15, 0.2) is 18.2 Å². The van der Waals surface area contributed by atoms with Gasteiger partial charge in [-0.1, -0.05) is 0 Å². The Hall–Kier alpha value is -1.91. The fourth-order valence-electron chi connectivity index (χ4n) is 2.02. The molecule has 0 unspecified atom stereocenters. The van der Waals surface area contributed by atoms with Crippen molar-refractivity contribution in [3.63, 3.8) is 0 Å². The SMILES string of the molecule is Cc1cc(N)cc(-c2nnnn2CC2CC2)c1. The summed E-state index contributed by atoms with van der Waals surface area (Å²) in [5.74, 6) is 1.56. The van der Waals surface area contributed by atoms with E-state index in [1.807, 2.05) is 23.7 Å². The molecular weight excluding hydrogens is 214 g/mol. The molecule has 0 atom stereocenters. The van der Waals surface area contributed by atoms with Crippen molar-refractivity contribution in [2.45, 2.75) is 26.3 Å². The van der Waals surface area contributed by atoms with Crippen molar-refractivity contribution >= 4 is 5.69 Å². The molecule has 17 heavy (non-hydrogen) atoms. The van der Waals surface area contributed by atoms with E-state index in [0.717, 1.165) is 35.1 Å². The van der Waals surface area contributed by atoms with Gasteiger partial charge in [0.1, 0.15) is 0 Å². The Balaban J connectivity index is 1.98. The number of rotatable bonds is 3. The molecule has 3 rings (SSSR count). The van der Waals surface area contributed by atoms with Crippen molar-refractivity contribution in [1.82, 2.24) is 20.2 Å². The highest BCUT2D eigenvalue weighted by molar-refractivity contribution is 5.62. The van der Waals surface area contributed by atoms with Crippen molar-refractivity contribution < 1.29 is 0 Å². The molecule has 1 aliphatic rings. The lowest BCUT2D eigenvalue weighted by atomic mass is 10.1. The van der Waals surface area contributed by atoms with Gasteiger partial charge in [0.15, 0.2) is 5.82 Å². The summed E-state index contributed by atoms with van der Waals surface area (Å²) in [5.41, 5.74) is 8.72. The molecule has 0 aliphatic heterocycles. The predicted molar refractivity (Wildman–Crippen MR) is 65.1 cm³/mol. The van der Waals surface area contributed by atoms with Gasteiger partial charge < -0.3 is 5.73 Å². The van der Waals surface area contributed by atoms with Crippen molar-refractivity contribution in [2.75, 3.05) is 5.73 Å². The van der Waals surface area contributed by atoms with Gasteiger partial charge >= 0.3 is 0 Å². The largest absolute Gasteiger partial charge is 0.399 e. The van der Waals surface area contributed by atoms with Crippen molar-refractivity contribution in [3.05, 3.63) is 23.8 Å². The number of hydrogen-bond donors (Lipinski definition) is 1. The van der Waals surface area contributed by atoms with Crippen LogP contribution in [-0.2, 0) is 6.54 Å². The molecule has 2 aromatic rings. The maximum absolute atomic E-state index is 5.85. The third-order valence-corrected chi connectivity index (χ3v) is 3.02. The van der Waals surface area contributed by atoms with E-state index in [4.69, 9.17) is 5.73 Å². The van der Waals surface area contributed by atoms with Crippen LogP contribution in [0.1, 0.15) is 18.4 Å². The molecule has 1 aromatic carbocycles. The Morgan fingerprint density at radius 1 is 1.35 bits per heavy atom. The minimum Gasteiger partial charge on any atom is -0.399 e. The number of nitrogen functional groups attached to an aromatic ring is 1. The number of tetrazole rings is 1. The Morgan fingerprint density at radius 2 is 2.18 bits per heavy atom. The summed E-state index contributed by atoms with van der Waals surface area (Å²) < 4.78 is 1.88. The zero-order valence-electron chi connectivity index (χ0n) is 9.80. The highest BCUT2D eigenvalue weighted by atomic mass is 15.5. The maximum atomic E-state index is 5.85. The molecule has 0 bridgehead atoms. The van der Waals surface area contributed by atoms with Crippen molar-refractivity contribution in [3.8, 4) is 11.4 Å². The van der Waals surface area contributed by atoms with Crippen molar-refractivity contribution in [1.29, 1.82) is 0 Å². The van der Waals surface area contributed by atoms with Gasteiger partial charge in [-0.3, -0.25) is 0 Å². The molecule has 0 spiro atoms. The number of anilines is 1. The lowest BCUT2D eigenvalue weighted by Crippen LogP contribution is -2.04. The average molecular weight is 229 g/mol. The van der Waals surface area contributed by atoms with Gasteiger partial charge in [-0.15, -0.1) is 5.10 Å². The summed E-state index contributed by atoms with van der Waals surface area (Å²) in [6.45, 7) is 2.94. The molecule has 1 aliphatic carbocycles. The minimum absolute atomic E-state index is 0.749. The highest BCUT2D eigenvalue weighted by Gasteiger charge is 2.24. The fraction of sp³-hybridized carbons (Fsp3) is 0.417. The maximum Gasteiger partial charge on any atom is 0.182 e. The number of benzene rings is 1. The van der Waals surface area contributed by atoms with E-state index in [9.17, 15) is 0 Å². The second-order valence-corrected chi connectivity index (χ2v) is 4.76. The summed E-state index contributed by atoms with van der Waals surface area (Å²) >= 11 is 0. The van der Waals surface area contributed by atoms with Crippen LogP contribution in [0.3, 0.4) is 0 Å². The normalized spacial score (nSPS) is 15.1. The molecular formula is C12H15N5. The third-order valence-electron chi connectivity index (χ3n) is 3.02. The zero-order valence-corrected chi connectivity index (χ0v) is 9.80. The molecule has 5 heteroatoms. The van der Waals surface area contributed by atoms with E-state index in [0.29, 0.717) is 0 Å². The number of nitrogens with zero attached hydrogens (tertiary/aromatic N) is 4. The second-order valence-electron chi connectivity index (χ2n) is 4.76. The Kier molecular flexibility index (Phi) is 2.31. The second kappa shape index (κ2) is 3.84. The fourth-order valence-corrected chi connectivity index (χ4v) is 2.02. The van der Waals surface area contributed by atoms with Gasteiger partial charge in [-0.25, -0.2) is 4.68 Å². The number of hydrogen-bond acceptors (Lipinski definition) is 4. The Morgan fingerprint density at radius 3 is 2.88 bits per heavy atom. The Bertz CT molecular complexity index is 521. The monoisotopic (exact) mass is 229 g/mol. The first-order chi connectivity index (χ1) is 8.22. The molecule has 1 heterocycles. The summed E-state index contributed by atoms with van der Waals surface area (Å²) in [6.07, 6.45) is 2.57. The van der Waals surface area contributed by atoms with Crippen LogP contribution in [0.25, 0.3) is 11.4 Å². The molecule has 88 valence electrons. The summed E-state index contributed by atoms with van der Waals surface area (Å²) in [4.78, 5) is 0. The smallest absolute Gasteiger partial charge is 0.182 e. The van der Waals surface area contributed by atoms with Gasteiger partial charge in [0.2, 0.25) is 0 Å². The van der Waals surface area contributed by atoms with Crippen LogP contribution >= 0.6 is 0 Å². The van der Waals surface area contributed by atoms with Crippen molar-refractivity contribution in [2.24, 2.45) is 5.92 Å². The molecule has 0 radical (unpaired) electrons. The average Bonchev–Trinajstić information content (AvgIpc) is 2.93. The van der Waals surface area contributed by atoms with Gasteiger partial charge in [0, 0.05) is 17.8 Å². The van der Waals surface area contributed by atoms with Crippen LogP contribution in [0.5, 0.6) is 0 Å². The summed E-state index contributed by atoms with van der Waals surface area (Å²) in [7, 11) is 0. The van der Waals surface area contributed by atoms with E-state index in [1.165, 1.54) is 12.8 Å². The lowest BCUT2D eigenvalue weighted by molar-refractivity contribution is 0.548. The number of aryl methyl sites for hydroxylation is 1. The first-order valence-electron chi connectivity index (χ1n) is 5.86. The zero-order chi connectivity index (χ0) is 11.8. The van der Waals surface area contributed by atoms with Gasteiger partial charge in [-0.05, 0) is 59.9 Å². The molecule has 5 nitrogen and oxygen atoms in total. The van der Waals surface area contributed by atoms with Crippen LogP contribution in [0, 0.1) is 12.8 Å². The molecule has 0 amide bonds. The topological polar surface area (TPSA) is 69.6 Å². The van der Waals surface area contributed by atoms with Gasteiger partial charge in [-0.2, -0.15) is 0 Å². The first kappa shape index (κ1) is 10.3. The molecule has 2 N–H and O–H groups in total. The van der Waals surface area contributed by atoms with Crippen LogP contribution in [0.4, 0.5) is 5.69 Å². The van der Waals surface area contributed by atoms with E-state index in [2.05, 4.69) is 21.6 Å². The number of nitrogens with two attached hydrogens (primary N) is 1. The van der Waals surface area contributed by atoms with Crippen LogP contribution in [0.2, 0.25) is 0 Å². The van der Waals surface area contributed by atoms with Crippen LogP contribution < -0.4 is 5.73 Å². The molecule has 1 fully saturated rings. The van der Waals surface area contributed by atoms with E-state index in [-0.39, 0.29) is 0 Å². The lowest BCUT2D eigenvalue weighted by Gasteiger charge is -2.05. The van der Waals surface area contributed by atoms with Gasteiger partial charge in [0.25, 0.3) is 0 Å². The minimum atomic E-state index is 0.749. The predicted octanol–water partition coefficient (Wildman–Crippen LogP) is 1.64. The van der Waals surface area contributed by atoms with E-state index >= 15 is 0 Å². The van der Waals surface area contributed by atoms with Crippen LogP contribution in [-0.4, -0.2) is 20.2 Å². The summed E-state index contributed by atoms with van der Waals surface area (Å²) in [5, 5.41) is 11.9. The third kappa shape index (κ3) is 2.13.